The van der Waals surface area contributed by atoms with Crippen molar-refractivity contribution in [3.05, 3.63) is 71.5 Å². The van der Waals surface area contributed by atoms with Crippen LogP contribution in [0.2, 0.25) is 0 Å². The number of hydrogen-bond donors (Lipinski definition) is 2. The van der Waals surface area contributed by atoms with Gasteiger partial charge in [0.05, 0.1) is 18.4 Å². The van der Waals surface area contributed by atoms with Gasteiger partial charge in [0.1, 0.15) is 12.4 Å². The van der Waals surface area contributed by atoms with Gasteiger partial charge in [-0.25, -0.2) is 0 Å². The molecule has 8 heteroatoms. The molecule has 4 rings (SSSR count). The third-order valence-electron chi connectivity index (χ3n) is 5.75. The van der Waals surface area contributed by atoms with Crippen molar-refractivity contribution in [3.63, 3.8) is 0 Å². The highest BCUT2D eigenvalue weighted by atomic mass is 19.4. The third-order valence-corrected chi connectivity index (χ3v) is 5.75. The van der Waals surface area contributed by atoms with Crippen molar-refractivity contribution in [1.82, 2.24) is 15.1 Å². The Kier molecular flexibility index (Phi) is 6.81. The van der Waals surface area contributed by atoms with Crippen LogP contribution in [0.15, 0.2) is 54.7 Å². The van der Waals surface area contributed by atoms with Crippen LogP contribution in [0, 0.1) is 0 Å². The summed E-state index contributed by atoms with van der Waals surface area (Å²) in [6, 6.07) is 13.2. The minimum Gasteiger partial charge on any atom is -0.491 e. The molecule has 0 spiro atoms. The van der Waals surface area contributed by atoms with E-state index in [9.17, 15) is 13.2 Å². The Labute approximate surface area is 184 Å². The molecule has 32 heavy (non-hydrogen) atoms. The van der Waals surface area contributed by atoms with Gasteiger partial charge in [0.15, 0.2) is 0 Å². The summed E-state index contributed by atoms with van der Waals surface area (Å²) in [6.45, 7) is 2.71. The first-order valence-corrected chi connectivity index (χ1v) is 10.7. The number of nitrogens with zero attached hydrogens (tertiary/aromatic N) is 2. The van der Waals surface area contributed by atoms with Crippen LogP contribution in [0.3, 0.4) is 0 Å². The number of benzene rings is 2. The maximum atomic E-state index is 13.2. The van der Waals surface area contributed by atoms with E-state index in [1.807, 2.05) is 24.3 Å². The molecule has 1 fully saturated rings. The normalized spacial score (nSPS) is 17.4. The molecule has 1 atom stereocenters. The topological polar surface area (TPSA) is 61.4 Å². The Hall–Kier alpha value is -2.84. The number of halogens is 3. The lowest BCUT2D eigenvalue weighted by atomic mass is 9.90. The van der Waals surface area contributed by atoms with Gasteiger partial charge in [-0.3, -0.25) is 10.00 Å². The lowest BCUT2D eigenvalue weighted by Gasteiger charge is -2.32. The molecule has 1 aliphatic heterocycles. The van der Waals surface area contributed by atoms with Gasteiger partial charge in [-0.2, -0.15) is 18.3 Å². The molecule has 2 heterocycles. The summed E-state index contributed by atoms with van der Waals surface area (Å²) in [6.07, 6.45) is -0.820. The van der Waals surface area contributed by atoms with Crippen molar-refractivity contribution < 1.29 is 23.0 Å². The van der Waals surface area contributed by atoms with Gasteiger partial charge in [-0.15, -0.1) is 0 Å². The van der Waals surface area contributed by atoms with E-state index in [1.165, 1.54) is 12.1 Å². The van der Waals surface area contributed by atoms with Crippen LogP contribution >= 0.6 is 0 Å². The number of ether oxygens (including phenoxy) is 1. The molecule has 0 aliphatic carbocycles. The van der Waals surface area contributed by atoms with Crippen molar-refractivity contribution in [2.45, 2.75) is 31.5 Å². The summed E-state index contributed by atoms with van der Waals surface area (Å²) in [5.74, 6) is 0.884. The molecule has 0 amide bonds. The fraction of sp³-hybridized carbons (Fsp3) is 0.375. The molecule has 170 valence electrons. The Morgan fingerprint density at radius 3 is 2.81 bits per heavy atom. The molecule has 0 bridgehead atoms. The van der Waals surface area contributed by atoms with Gasteiger partial charge < -0.3 is 9.84 Å². The average Bonchev–Trinajstić information content (AvgIpc) is 3.28. The zero-order chi connectivity index (χ0) is 22.6. The van der Waals surface area contributed by atoms with Crippen LogP contribution in [-0.2, 0) is 12.7 Å². The van der Waals surface area contributed by atoms with Crippen molar-refractivity contribution in [1.29, 1.82) is 0 Å². The second kappa shape index (κ2) is 9.75. The average molecular weight is 445 g/mol. The highest BCUT2D eigenvalue weighted by Gasteiger charge is 2.31. The fourth-order valence-electron chi connectivity index (χ4n) is 4.29. The van der Waals surface area contributed by atoms with Gasteiger partial charge in [-0.05, 0) is 54.8 Å². The highest BCUT2D eigenvalue weighted by Crippen LogP contribution is 2.36. The predicted molar refractivity (Wildman–Crippen MR) is 115 cm³/mol. The number of H-pyrrole nitrogens is 1. The number of aliphatic hydroxyl groups is 1. The van der Waals surface area contributed by atoms with Crippen LogP contribution in [0.1, 0.15) is 35.6 Å². The molecule has 0 unspecified atom stereocenters. The van der Waals surface area contributed by atoms with Gasteiger partial charge in [0.2, 0.25) is 0 Å². The number of aromatic nitrogens is 2. The number of piperidine rings is 1. The largest absolute Gasteiger partial charge is 0.491 e. The zero-order valence-electron chi connectivity index (χ0n) is 17.6. The van der Waals surface area contributed by atoms with Crippen LogP contribution in [0.25, 0.3) is 11.1 Å². The van der Waals surface area contributed by atoms with E-state index < -0.39 is 11.7 Å². The molecular formula is C24H26F3N3O2. The van der Waals surface area contributed by atoms with Gasteiger partial charge >= 0.3 is 6.18 Å². The van der Waals surface area contributed by atoms with Crippen LogP contribution in [-0.4, -0.2) is 46.5 Å². The van der Waals surface area contributed by atoms with Gasteiger partial charge in [0, 0.05) is 30.3 Å². The van der Waals surface area contributed by atoms with E-state index in [4.69, 9.17) is 9.84 Å². The number of alkyl halides is 3. The van der Waals surface area contributed by atoms with Crippen molar-refractivity contribution in [2.75, 3.05) is 26.3 Å². The first-order valence-electron chi connectivity index (χ1n) is 10.7. The first-order chi connectivity index (χ1) is 15.4. The van der Waals surface area contributed by atoms with E-state index in [0.717, 1.165) is 61.1 Å². The third kappa shape index (κ3) is 5.31. The molecule has 1 aliphatic rings. The second-order valence-corrected chi connectivity index (χ2v) is 8.07. The molecule has 2 N–H and O–H groups in total. The minimum absolute atomic E-state index is 0.0313. The van der Waals surface area contributed by atoms with E-state index in [1.54, 1.807) is 12.3 Å². The SMILES string of the molecule is OCCOc1cccc(CN2CCC[C@H](c3[nH]ncc3-c3cccc(C(F)(F)F)c3)C2)c1. The Balaban J connectivity index is 1.49. The van der Waals surface area contributed by atoms with Gasteiger partial charge in [-0.1, -0.05) is 24.3 Å². The van der Waals surface area contributed by atoms with Crippen molar-refractivity contribution in [3.8, 4) is 16.9 Å². The van der Waals surface area contributed by atoms with E-state index in [-0.39, 0.29) is 19.1 Å². The number of rotatable bonds is 7. The number of aliphatic hydroxyl groups excluding tert-OH is 1. The monoisotopic (exact) mass is 445 g/mol. The molecule has 3 aromatic rings. The standard InChI is InChI=1S/C24H26F3N3O2/c25-24(26,27)20-7-2-5-18(13-20)22-14-28-29-23(22)19-6-3-9-30(16-19)15-17-4-1-8-21(12-17)32-11-10-31/h1-2,4-5,7-8,12-14,19,31H,3,6,9-11,15-16H2,(H,28,29)/t19-/m0/s1. The lowest BCUT2D eigenvalue weighted by Crippen LogP contribution is -2.34. The summed E-state index contributed by atoms with van der Waals surface area (Å²) < 4.78 is 45.0. The number of aromatic amines is 1. The second-order valence-electron chi connectivity index (χ2n) is 8.07. The van der Waals surface area contributed by atoms with E-state index >= 15 is 0 Å². The number of nitrogens with one attached hydrogen (secondary N) is 1. The van der Waals surface area contributed by atoms with Crippen LogP contribution in [0.4, 0.5) is 13.2 Å². The van der Waals surface area contributed by atoms with Crippen LogP contribution in [0.5, 0.6) is 5.75 Å². The van der Waals surface area contributed by atoms with Crippen molar-refractivity contribution in [2.24, 2.45) is 0 Å². The highest BCUT2D eigenvalue weighted by molar-refractivity contribution is 5.66. The molecule has 1 saturated heterocycles. The smallest absolute Gasteiger partial charge is 0.416 e. The minimum atomic E-state index is -4.38. The number of hydrogen-bond acceptors (Lipinski definition) is 4. The number of likely N-dealkylation sites (tertiary alicyclic amines) is 1. The predicted octanol–water partition coefficient (Wildman–Crippen LogP) is 4.85. The molecule has 1 aromatic heterocycles. The van der Waals surface area contributed by atoms with E-state index in [2.05, 4.69) is 15.1 Å². The van der Waals surface area contributed by atoms with E-state index in [0.29, 0.717) is 5.56 Å². The molecule has 0 radical (unpaired) electrons. The molecule has 0 saturated carbocycles. The molecule has 5 nitrogen and oxygen atoms in total. The Morgan fingerprint density at radius 1 is 1.16 bits per heavy atom. The summed E-state index contributed by atoms with van der Waals surface area (Å²) in [5, 5.41) is 16.1. The maximum Gasteiger partial charge on any atom is 0.416 e. The Morgan fingerprint density at radius 2 is 2.00 bits per heavy atom. The van der Waals surface area contributed by atoms with Crippen molar-refractivity contribution >= 4 is 0 Å². The van der Waals surface area contributed by atoms with Crippen LogP contribution < -0.4 is 4.74 Å². The quantitative estimate of drug-likeness (QED) is 0.546. The summed E-state index contributed by atoms with van der Waals surface area (Å²) >= 11 is 0. The lowest BCUT2D eigenvalue weighted by molar-refractivity contribution is -0.137. The van der Waals surface area contributed by atoms with Gasteiger partial charge in [0.25, 0.3) is 0 Å². The summed E-state index contributed by atoms with van der Waals surface area (Å²) in [7, 11) is 0. The molecule has 2 aromatic carbocycles. The Bertz CT molecular complexity index is 1040. The first kappa shape index (κ1) is 22.4. The maximum absolute atomic E-state index is 13.2. The zero-order valence-corrected chi connectivity index (χ0v) is 17.6. The molecular weight excluding hydrogens is 419 g/mol. The fourth-order valence-corrected chi connectivity index (χ4v) is 4.29. The summed E-state index contributed by atoms with van der Waals surface area (Å²) in [5.41, 5.74) is 2.59. The summed E-state index contributed by atoms with van der Waals surface area (Å²) in [4.78, 5) is 2.34.